The highest BCUT2D eigenvalue weighted by Gasteiger charge is 2.30. The van der Waals surface area contributed by atoms with Crippen LogP contribution in [-0.4, -0.2) is 50.3 Å². The van der Waals surface area contributed by atoms with E-state index < -0.39 is 10.0 Å². The van der Waals surface area contributed by atoms with Crippen molar-refractivity contribution in [3.8, 4) is 5.75 Å². The molecule has 2 aliphatic rings. The number of hydrogen-bond acceptors (Lipinski definition) is 5. The Labute approximate surface area is 187 Å². The highest BCUT2D eigenvalue weighted by Crippen LogP contribution is 2.26. The number of ether oxygens (including phenoxy) is 1. The number of anilines is 1. The minimum Gasteiger partial charge on any atom is -0.488 e. The molecule has 2 aliphatic heterocycles. The first-order valence-corrected chi connectivity index (χ1v) is 11.9. The highest BCUT2D eigenvalue weighted by molar-refractivity contribution is 7.89. The molecular weight excluding hydrogens is 430 g/mol. The zero-order valence-corrected chi connectivity index (χ0v) is 18.5. The molecule has 1 fully saturated rings. The van der Waals surface area contributed by atoms with Gasteiger partial charge in [0.05, 0.1) is 10.5 Å². The number of amides is 2. The van der Waals surface area contributed by atoms with Crippen LogP contribution in [0, 0.1) is 0 Å². The van der Waals surface area contributed by atoms with Crippen molar-refractivity contribution in [1.29, 1.82) is 0 Å². The molecule has 0 atom stereocenters. The topological polar surface area (TPSA) is 105 Å². The zero-order chi connectivity index (χ0) is 22.7. The average molecular weight is 456 g/mol. The number of carbonyl (C=O) groups excluding carboxylic acids is 2. The van der Waals surface area contributed by atoms with Gasteiger partial charge in [-0.15, -0.1) is 0 Å². The van der Waals surface area contributed by atoms with E-state index in [2.05, 4.69) is 10.6 Å². The Morgan fingerprint density at radius 3 is 2.41 bits per heavy atom. The molecule has 0 radical (unpaired) electrons. The molecule has 2 N–H and O–H groups in total. The number of piperidine rings is 1. The standard InChI is InChI=1S/C23H25N3O5S/c1-16(27)24-19-6-8-21(9-7-19)32(29,30)26-12-10-20(11-13-26)25-23(28)18-14-17-4-2-3-5-22(17)31-15-18/h2-9,14,20H,10-13,15H2,1H3,(H,24,27)(H,25,28). The normalized spacial score (nSPS) is 17.0. The predicted octanol–water partition coefficient (Wildman–Crippen LogP) is 2.39. The van der Waals surface area contributed by atoms with Crippen LogP contribution in [0.1, 0.15) is 25.3 Å². The molecule has 0 bridgehead atoms. The van der Waals surface area contributed by atoms with Gasteiger partial charge in [-0.05, 0) is 49.2 Å². The van der Waals surface area contributed by atoms with Crippen LogP contribution in [-0.2, 0) is 19.6 Å². The van der Waals surface area contributed by atoms with E-state index in [1.807, 2.05) is 30.3 Å². The van der Waals surface area contributed by atoms with Gasteiger partial charge in [0.15, 0.2) is 0 Å². The summed E-state index contributed by atoms with van der Waals surface area (Å²) in [4.78, 5) is 24.0. The fourth-order valence-corrected chi connectivity index (χ4v) is 5.30. The highest BCUT2D eigenvalue weighted by atomic mass is 32.2. The molecule has 1 saturated heterocycles. The monoisotopic (exact) mass is 455 g/mol. The van der Waals surface area contributed by atoms with Crippen molar-refractivity contribution >= 4 is 33.6 Å². The van der Waals surface area contributed by atoms with Gasteiger partial charge in [-0.2, -0.15) is 4.31 Å². The second-order valence-corrected chi connectivity index (χ2v) is 9.79. The summed E-state index contributed by atoms with van der Waals surface area (Å²) in [5.74, 6) is 0.353. The number of sulfonamides is 1. The van der Waals surface area contributed by atoms with Gasteiger partial charge in [0.25, 0.3) is 5.91 Å². The van der Waals surface area contributed by atoms with Crippen LogP contribution in [0.2, 0.25) is 0 Å². The van der Waals surface area contributed by atoms with E-state index in [1.165, 1.54) is 23.4 Å². The van der Waals surface area contributed by atoms with Crippen LogP contribution in [0.3, 0.4) is 0 Å². The Hall–Kier alpha value is -3.17. The Bertz CT molecular complexity index is 1150. The maximum atomic E-state index is 12.9. The van der Waals surface area contributed by atoms with Gasteiger partial charge in [0.2, 0.25) is 15.9 Å². The first-order chi connectivity index (χ1) is 15.3. The Morgan fingerprint density at radius 2 is 1.72 bits per heavy atom. The third-order valence-electron chi connectivity index (χ3n) is 5.53. The molecule has 2 heterocycles. The Kier molecular flexibility index (Phi) is 6.29. The molecular formula is C23H25N3O5S. The number of nitrogens with zero attached hydrogens (tertiary/aromatic N) is 1. The van der Waals surface area contributed by atoms with Gasteiger partial charge in [0.1, 0.15) is 12.4 Å². The summed E-state index contributed by atoms with van der Waals surface area (Å²) in [7, 11) is -3.64. The van der Waals surface area contributed by atoms with Crippen LogP contribution in [0.25, 0.3) is 6.08 Å². The first-order valence-electron chi connectivity index (χ1n) is 10.4. The maximum absolute atomic E-state index is 12.9. The van der Waals surface area contributed by atoms with Crippen molar-refractivity contribution < 1.29 is 22.7 Å². The van der Waals surface area contributed by atoms with Crippen LogP contribution in [0.5, 0.6) is 5.75 Å². The average Bonchev–Trinajstić information content (AvgIpc) is 2.79. The number of para-hydroxylation sites is 1. The van der Waals surface area contributed by atoms with Crippen molar-refractivity contribution in [2.24, 2.45) is 0 Å². The van der Waals surface area contributed by atoms with Crippen LogP contribution in [0.15, 0.2) is 59.0 Å². The number of carbonyl (C=O) groups is 2. The first kappa shape index (κ1) is 22.0. The fraction of sp³-hybridized carbons (Fsp3) is 0.304. The molecule has 9 heteroatoms. The minimum atomic E-state index is -3.64. The van der Waals surface area contributed by atoms with Gasteiger partial charge in [-0.1, -0.05) is 18.2 Å². The molecule has 4 rings (SSSR count). The molecule has 0 unspecified atom stereocenters. The minimum absolute atomic E-state index is 0.103. The van der Waals surface area contributed by atoms with E-state index in [0.29, 0.717) is 37.2 Å². The summed E-state index contributed by atoms with van der Waals surface area (Å²) >= 11 is 0. The second-order valence-electron chi connectivity index (χ2n) is 7.85. The molecule has 8 nitrogen and oxygen atoms in total. The summed E-state index contributed by atoms with van der Waals surface area (Å²) in [6.45, 7) is 2.24. The lowest BCUT2D eigenvalue weighted by Gasteiger charge is -2.32. The summed E-state index contributed by atoms with van der Waals surface area (Å²) in [5.41, 5.74) is 1.97. The number of benzene rings is 2. The van der Waals surface area contributed by atoms with E-state index in [0.717, 1.165) is 11.3 Å². The van der Waals surface area contributed by atoms with E-state index >= 15 is 0 Å². The predicted molar refractivity (Wildman–Crippen MR) is 121 cm³/mol. The largest absolute Gasteiger partial charge is 0.488 e. The van der Waals surface area contributed by atoms with E-state index in [4.69, 9.17) is 4.74 Å². The molecule has 32 heavy (non-hydrogen) atoms. The Balaban J connectivity index is 1.34. The van der Waals surface area contributed by atoms with E-state index in [1.54, 1.807) is 12.1 Å². The molecule has 0 aliphatic carbocycles. The van der Waals surface area contributed by atoms with Crippen molar-refractivity contribution in [2.45, 2.75) is 30.7 Å². The van der Waals surface area contributed by atoms with Gasteiger partial charge in [-0.3, -0.25) is 9.59 Å². The number of rotatable bonds is 5. The summed E-state index contributed by atoms with van der Waals surface area (Å²) in [6.07, 6.45) is 2.89. The third kappa shape index (κ3) is 4.84. The van der Waals surface area contributed by atoms with Crippen LogP contribution < -0.4 is 15.4 Å². The van der Waals surface area contributed by atoms with Crippen molar-refractivity contribution in [2.75, 3.05) is 25.0 Å². The number of hydrogen-bond donors (Lipinski definition) is 2. The van der Waals surface area contributed by atoms with Gasteiger partial charge in [0, 0.05) is 37.3 Å². The van der Waals surface area contributed by atoms with Gasteiger partial charge in [-0.25, -0.2) is 8.42 Å². The number of nitrogens with one attached hydrogen (secondary N) is 2. The lowest BCUT2D eigenvalue weighted by atomic mass is 10.0. The van der Waals surface area contributed by atoms with Gasteiger partial charge >= 0.3 is 0 Å². The van der Waals surface area contributed by atoms with E-state index in [9.17, 15) is 18.0 Å². The molecule has 0 saturated carbocycles. The van der Waals surface area contributed by atoms with Gasteiger partial charge < -0.3 is 15.4 Å². The SMILES string of the molecule is CC(=O)Nc1ccc(S(=O)(=O)N2CCC(NC(=O)C3=Cc4ccccc4OC3)CC2)cc1. The van der Waals surface area contributed by atoms with E-state index in [-0.39, 0.29) is 29.4 Å². The molecule has 2 aromatic carbocycles. The smallest absolute Gasteiger partial charge is 0.250 e. The molecule has 2 aromatic rings. The second kappa shape index (κ2) is 9.13. The fourth-order valence-electron chi connectivity index (χ4n) is 3.83. The summed E-state index contributed by atoms with van der Waals surface area (Å²) < 4.78 is 33.0. The lowest BCUT2D eigenvalue weighted by molar-refractivity contribution is -0.118. The molecule has 168 valence electrons. The molecule has 0 aromatic heterocycles. The number of fused-ring (bicyclic) bond motifs is 1. The van der Waals surface area contributed by atoms with Crippen LogP contribution in [0.4, 0.5) is 5.69 Å². The summed E-state index contributed by atoms with van der Waals surface area (Å²) in [6, 6.07) is 13.6. The third-order valence-corrected chi connectivity index (χ3v) is 7.44. The van der Waals surface area contributed by atoms with Crippen molar-refractivity contribution in [1.82, 2.24) is 9.62 Å². The van der Waals surface area contributed by atoms with Crippen LogP contribution >= 0.6 is 0 Å². The maximum Gasteiger partial charge on any atom is 0.250 e. The van der Waals surface area contributed by atoms with Crippen molar-refractivity contribution in [3.63, 3.8) is 0 Å². The lowest BCUT2D eigenvalue weighted by Crippen LogP contribution is -2.47. The quantitative estimate of drug-likeness (QED) is 0.720. The summed E-state index contributed by atoms with van der Waals surface area (Å²) in [5, 5.41) is 5.63. The molecule has 0 spiro atoms. The Morgan fingerprint density at radius 1 is 1.03 bits per heavy atom. The van der Waals surface area contributed by atoms with Crippen molar-refractivity contribution in [3.05, 3.63) is 59.7 Å². The zero-order valence-electron chi connectivity index (χ0n) is 17.7. The molecule has 2 amide bonds.